The van der Waals surface area contributed by atoms with Crippen LogP contribution in [0.5, 0.6) is 0 Å². The van der Waals surface area contributed by atoms with Crippen molar-refractivity contribution < 1.29 is 48.3 Å². The molecule has 0 aliphatic carbocycles. The molecule has 11 heteroatoms. The van der Waals surface area contributed by atoms with E-state index in [1.54, 1.807) is 0 Å². The van der Waals surface area contributed by atoms with Gasteiger partial charge in [0.15, 0.2) is 0 Å². The van der Waals surface area contributed by atoms with Crippen molar-refractivity contribution in [3.63, 3.8) is 0 Å². The first kappa shape index (κ1) is 15.2. The van der Waals surface area contributed by atoms with Crippen LogP contribution >= 0.6 is 0 Å². The van der Waals surface area contributed by atoms with Crippen LogP contribution in [0.3, 0.4) is 0 Å². The summed E-state index contributed by atoms with van der Waals surface area (Å²) >= 11 is 0. The molecule has 0 saturated heterocycles. The van der Waals surface area contributed by atoms with Gasteiger partial charge in [-0.25, -0.2) is 0 Å². The van der Waals surface area contributed by atoms with Crippen molar-refractivity contribution in [2.45, 2.75) is 24.5 Å². The molecule has 1 radical (unpaired) electrons. The van der Waals surface area contributed by atoms with Gasteiger partial charge in [-0.2, -0.15) is 48.3 Å². The molecule has 0 fully saturated rings. The van der Waals surface area contributed by atoms with Crippen molar-refractivity contribution in [2.75, 3.05) is 0 Å². The second kappa shape index (κ2) is 3.62. The van der Waals surface area contributed by atoms with E-state index in [1.165, 1.54) is 0 Å². The maximum absolute atomic E-state index is 12.0. The van der Waals surface area contributed by atoms with Gasteiger partial charge in [0.05, 0.1) is 0 Å². The molecular formula is C5F11. The maximum Gasteiger partial charge on any atom is 0.454 e. The summed E-state index contributed by atoms with van der Waals surface area (Å²) in [5.74, 6) is -11.8. The van der Waals surface area contributed by atoms with Crippen LogP contribution < -0.4 is 0 Å². The molecule has 0 atom stereocenters. The molecule has 0 amide bonds. The highest BCUT2D eigenvalue weighted by atomic mass is 19.4. The molecule has 0 aromatic heterocycles. The number of hydrogen-bond acceptors (Lipinski definition) is 0. The number of rotatable bonds is 1. The van der Waals surface area contributed by atoms with E-state index in [2.05, 4.69) is 0 Å². The van der Waals surface area contributed by atoms with Gasteiger partial charge in [0.2, 0.25) is 0 Å². The standard InChI is InChI=1S/C5F11/c6-2(7,5(14,15)16)1(3(8,9)10)4(11,12)13. The van der Waals surface area contributed by atoms with Crippen LogP contribution in [0, 0.1) is 5.92 Å². The van der Waals surface area contributed by atoms with Gasteiger partial charge in [-0.15, -0.1) is 0 Å². The highest BCUT2D eigenvalue weighted by Crippen LogP contribution is 2.55. The van der Waals surface area contributed by atoms with E-state index >= 15 is 0 Å². The van der Waals surface area contributed by atoms with Crippen molar-refractivity contribution in [1.82, 2.24) is 0 Å². The molecule has 97 valence electrons. The quantitative estimate of drug-likeness (QED) is 0.633. The van der Waals surface area contributed by atoms with E-state index in [9.17, 15) is 48.3 Å². The van der Waals surface area contributed by atoms with Crippen LogP contribution in [0.15, 0.2) is 0 Å². The topological polar surface area (TPSA) is 0 Å². The Morgan fingerprint density at radius 1 is 0.500 bits per heavy atom. The van der Waals surface area contributed by atoms with Gasteiger partial charge < -0.3 is 0 Å². The second-order valence-corrected chi connectivity index (χ2v) is 2.44. The molecule has 0 aliphatic heterocycles. The van der Waals surface area contributed by atoms with Gasteiger partial charge in [-0.3, -0.25) is 0 Å². The summed E-state index contributed by atoms with van der Waals surface area (Å²) in [7, 11) is 0. The zero-order chi connectivity index (χ0) is 13.6. The summed E-state index contributed by atoms with van der Waals surface area (Å²) in [6.45, 7) is 0. The smallest absolute Gasteiger partial charge is 0.195 e. The van der Waals surface area contributed by atoms with Crippen LogP contribution in [0.2, 0.25) is 0 Å². The van der Waals surface area contributed by atoms with Crippen LogP contribution in [0.25, 0.3) is 0 Å². The van der Waals surface area contributed by atoms with Crippen molar-refractivity contribution in [2.24, 2.45) is 0 Å². The van der Waals surface area contributed by atoms with Gasteiger partial charge in [0.25, 0.3) is 5.92 Å². The average Bonchev–Trinajstić information content (AvgIpc) is 1.72. The Morgan fingerprint density at radius 2 is 0.750 bits per heavy atom. The molecule has 0 unspecified atom stereocenters. The van der Waals surface area contributed by atoms with E-state index < -0.39 is 30.4 Å². The van der Waals surface area contributed by atoms with Crippen molar-refractivity contribution in [3.8, 4) is 0 Å². The molecule has 16 heavy (non-hydrogen) atoms. The van der Waals surface area contributed by atoms with Crippen molar-refractivity contribution in [3.05, 3.63) is 5.92 Å². The molecule has 0 heterocycles. The minimum atomic E-state index is -7.01. The molecule has 0 saturated carbocycles. The first-order chi connectivity index (χ1) is 6.62. The molecule has 0 aliphatic rings. The number of halogens is 11. The summed E-state index contributed by atoms with van der Waals surface area (Å²) in [5.41, 5.74) is 0. The third kappa shape index (κ3) is 2.88. The summed E-state index contributed by atoms with van der Waals surface area (Å²) in [6, 6.07) is 0. The number of hydrogen-bond donors (Lipinski definition) is 0. The Morgan fingerprint density at radius 3 is 0.812 bits per heavy atom. The summed E-state index contributed by atoms with van der Waals surface area (Å²) in [6.07, 6.45) is -20.7. The lowest BCUT2D eigenvalue weighted by atomic mass is 9.99. The Bertz CT molecular complexity index is 225. The van der Waals surface area contributed by atoms with E-state index in [4.69, 9.17) is 0 Å². The first-order valence-electron chi connectivity index (χ1n) is 3.08. The van der Waals surface area contributed by atoms with Crippen LogP contribution in [-0.2, 0) is 0 Å². The Balaban J connectivity index is 5.57. The van der Waals surface area contributed by atoms with Gasteiger partial charge in [0.1, 0.15) is 0 Å². The lowest BCUT2D eigenvalue weighted by molar-refractivity contribution is -0.330. The van der Waals surface area contributed by atoms with E-state index in [-0.39, 0.29) is 0 Å². The fourth-order valence-electron chi connectivity index (χ4n) is 0.658. The predicted octanol–water partition coefficient (Wildman–Crippen LogP) is 3.88. The lowest BCUT2D eigenvalue weighted by Gasteiger charge is -2.30. The van der Waals surface area contributed by atoms with Crippen LogP contribution in [0.4, 0.5) is 48.3 Å². The molecule has 0 bridgehead atoms. The Hall–Kier alpha value is -0.770. The largest absolute Gasteiger partial charge is 0.454 e. The third-order valence-corrected chi connectivity index (χ3v) is 1.24. The summed E-state index contributed by atoms with van der Waals surface area (Å²) < 4.78 is 127. The molecule has 0 nitrogen and oxygen atoms in total. The molecule has 0 aromatic carbocycles. The molecule has 0 rings (SSSR count). The minimum Gasteiger partial charge on any atom is -0.195 e. The fraction of sp³-hybridized carbons (Fsp3) is 0.800. The van der Waals surface area contributed by atoms with E-state index in [0.29, 0.717) is 0 Å². The molecule has 0 N–H and O–H groups in total. The van der Waals surface area contributed by atoms with Gasteiger partial charge in [0, 0.05) is 0 Å². The highest BCUT2D eigenvalue weighted by Gasteiger charge is 2.78. The number of alkyl halides is 11. The Kier molecular flexibility index (Phi) is 3.45. The summed E-state index contributed by atoms with van der Waals surface area (Å²) in [4.78, 5) is 0. The highest BCUT2D eigenvalue weighted by molar-refractivity contribution is 5.17. The second-order valence-electron chi connectivity index (χ2n) is 2.44. The average molecular weight is 269 g/mol. The van der Waals surface area contributed by atoms with Crippen LogP contribution in [0.1, 0.15) is 0 Å². The SMILES string of the molecule is FC(F)(F)[C](C(F)(F)F)C(F)(F)C(F)(F)F. The monoisotopic (exact) mass is 269 g/mol. The van der Waals surface area contributed by atoms with Gasteiger partial charge in [-0.05, 0) is 0 Å². The molecule has 0 aromatic rings. The molecule has 0 spiro atoms. The van der Waals surface area contributed by atoms with Gasteiger partial charge in [-0.1, -0.05) is 0 Å². The van der Waals surface area contributed by atoms with E-state index in [0.717, 1.165) is 0 Å². The lowest BCUT2D eigenvalue weighted by Crippen LogP contribution is -2.54. The Labute approximate surface area is 80.0 Å². The predicted molar refractivity (Wildman–Crippen MR) is 26.4 cm³/mol. The minimum absolute atomic E-state index is 4.79. The first-order valence-corrected chi connectivity index (χ1v) is 3.08. The maximum atomic E-state index is 12.0. The molecular weight excluding hydrogens is 269 g/mol. The van der Waals surface area contributed by atoms with Crippen molar-refractivity contribution >= 4 is 0 Å². The van der Waals surface area contributed by atoms with Crippen LogP contribution in [-0.4, -0.2) is 24.5 Å². The third-order valence-electron chi connectivity index (χ3n) is 1.24. The fourth-order valence-corrected chi connectivity index (χ4v) is 0.658. The van der Waals surface area contributed by atoms with Gasteiger partial charge >= 0.3 is 24.5 Å². The van der Waals surface area contributed by atoms with Crippen molar-refractivity contribution in [1.29, 1.82) is 0 Å². The van der Waals surface area contributed by atoms with E-state index in [1.807, 2.05) is 0 Å². The normalized spacial score (nSPS) is 15.8. The zero-order valence-corrected chi connectivity index (χ0v) is 6.66. The zero-order valence-electron chi connectivity index (χ0n) is 6.66. The summed E-state index contributed by atoms with van der Waals surface area (Å²) in [5, 5.41) is 0.